The predicted octanol–water partition coefficient (Wildman–Crippen LogP) is 2.87. The summed E-state index contributed by atoms with van der Waals surface area (Å²) in [7, 11) is 0. The molecule has 1 fully saturated rings. The molecule has 0 bridgehead atoms. The third kappa shape index (κ3) is 1.23. The van der Waals surface area contributed by atoms with E-state index >= 15 is 0 Å². The molecule has 0 spiro atoms. The van der Waals surface area contributed by atoms with Crippen LogP contribution in [0.25, 0.3) is 10.9 Å². The molecule has 0 aliphatic heterocycles. The summed E-state index contributed by atoms with van der Waals surface area (Å²) in [5.74, 6) is 1.23. The van der Waals surface area contributed by atoms with Crippen molar-refractivity contribution in [2.45, 2.75) is 19.8 Å². The van der Waals surface area contributed by atoms with E-state index in [9.17, 15) is 0 Å². The highest BCUT2D eigenvalue weighted by atomic mass is 14.8. The number of aromatic amines is 1. The van der Waals surface area contributed by atoms with Crippen molar-refractivity contribution in [2.75, 3.05) is 6.54 Å². The molecular formula is C14H18N2. The normalized spacial score (nSPS) is 27.2. The van der Waals surface area contributed by atoms with Crippen LogP contribution in [0.1, 0.15) is 25.5 Å². The smallest absolute Gasteiger partial charge is 0.0456 e. The highest BCUT2D eigenvalue weighted by Crippen LogP contribution is 2.63. The number of fused-ring (bicyclic) bond motifs is 1. The lowest BCUT2D eigenvalue weighted by Gasteiger charge is -1.99. The first-order valence-electron chi connectivity index (χ1n) is 5.92. The molecule has 84 valence electrons. The number of rotatable bonds is 2. The van der Waals surface area contributed by atoms with Gasteiger partial charge < -0.3 is 10.7 Å². The fraction of sp³-hybridized carbons (Fsp3) is 0.429. The molecule has 0 amide bonds. The Bertz CT molecular complexity index is 491. The second kappa shape index (κ2) is 3.11. The summed E-state index contributed by atoms with van der Waals surface area (Å²) >= 11 is 0. The second-order valence-corrected chi connectivity index (χ2v) is 5.45. The number of H-pyrrole nitrogens is 1. The van der Waals surface area contributed by atoms with Gasteiger partial charge in [0.15, 0.2) is 0 Å². The number of nitrogens with one attached hydrogen (secondary N) is 1. The van der Waals surface area contributed by atoms with Crippen LogP contribution in [0.4, 0.5) is 0 Å². The number of aromatic nitrogens is 1. The van der Waals surface area contributed by atoms with E-state index in [2.05, 4.69) is 49.2 Å². The lowest BCUT2D eigenvalue weighted by atomic mass is 10.1. The molecule has 3 rings (SSSR count). The number of nitrogens with two attached hydrogens (primary N) is 1. The summed E-state index contributed by atoms with van der Waals surface area (Å²) in [4.78, 5) is 3.52. The van der Waals surface area contributed by atoms with Gasteiger partial charge in [-0.15, -0.1) is 0 Å². The SMILES string of the molecule is CC1(C)[C@@H](CN)[C@@H]1c1cc2ccccc2[nH]1. The lowest BCUT2D eigenvalue weighted by Crippen LogP contribution is -2.05. The van der Waals surface area contributed by atoms with E-state index in [0.29, 0.717) is 17.3 Å². The van der Waals surface area contributed by atoms with Crippen LogP contribution in [0.5, 0.6) is 0 Å². The minimum atomic E-state index is 0.357. The lowest BCUT2D eigenvalue weighted by molar-refractivity contribution is 0.558. The van der Waals surface area contributed by atoms with Crippen molar-refractivity contribution in [3.8, 4) is 0 Å². The molecule has 0 radical (unpaired) electrons. The van der Waals surface area contributed by atoms with Crippen LogP contribution in [0.2, 0.25) is 0 Å². The maximum atomic E-state index is 5.82. The van der Waals surface area contributed by atoms with Crippen LogP contribution in [0.15, 0.2) is 30.3 Å². The fourth-order valence-corrected chi connectivity index (χ4v) is 3.06. The van der Waals surface area contributed by atoms with Crippen molar-refractivity contribution in [3.05, 3.63) is 36.0 Å². The van der Waals surface area contributed by atoms with Crippen molar-refractivity contribution >= 4 is 10.9 Å². The highest BCUT2D eigenvalue weighted by molar-refractivity contribution is 5.80. The molecule has 16 heavy (non-hydrogen) atoms. The predicted molar refractivity (Wildman–Crippen MR) is 67.4 cm³/mol. The van der Waals surface area contributed by atoms with E-state index in [1.807, 2.05) is 0 Å². The third-order valence-corrected chi connectivity index (χ3v) is 4.19. The Morgan fingerprint density at radius 1 is 1.31 bits per heavy atom. The zero-order chi connectivity index (χ0) is 11.3. The Morgan fingerprint density at radius 2 is 2.06 bits per heavy atom. The van der Waals surface area contributed by atoms with Gasteiger partial charge in [0.25, 0.3) is 0 Å². The van der Waals surface area contributed by atoms with Crippen molar-refractivity contribution in [1.82, 2.24) is 4.98 Å². The molecule has 3 N–H and O–H groups in total. The topological polar surface area (TPSA) is 41.8 Å². The first kappa shape index (κ1) is 9.91. The fourth-order valence-electron chi connectivity index (χ4n) is 3.06. The molecule has 1 aromatic heterocycles. The highest BCUT2D eigenvalue weighted by Gasteiger charge is 2.57. The van der Waals surface area contributed by atoms with E-state index in [-0.39, 0.29) is 0 Å². The van der Waals surface area contributed by atoms with Gasteiger partial charge in [-0.3, -0.25) is 0 Å². The summed E-state index contributed by atoms with van der Waals surface area (Å²) in [6.45, 7) is 5.40. The van der Waals surface area contributed by atoms with E-state index in [1.54, 1.807) is 0 Å². The Balaban J connectivity index is 2.02. The molecular weight excluding hydrogens is 196 g/mol. The van der Waals surface area contributed by atoms with Gasteiger partial charge >= 0.3 is 0 Å². The van der Waals surface area contributed by atoms with Crippen LogP contribution < -0.4 is 5.73 Å². The van der Waals surface area contributed by atoms with Crippen LogP contribution >= 0.6 is 0 Å². The third-order valence-electron chi connectivity index (χ3n) is 4.19. The Kier molecular flexibility index (Phi) is 1.93. The molecule has 1 aliphatic carbocycles. The summed E-state index contributed by atoms with van der Waals surface area (Å²) in [5, 5.41) is 1.30. The summed E-state index contributed by atoms with van der Waals surface area (Å²) in [6, 6.07) is 10.7. The van der Waals surface area contributed by atoms with Crippen LogP contribution in [0, 0.1) is 11.3 Å². The Morgan fingerprint density at radius 3 is 2.69 bits per heavy atom. The number of hydrogen-bond donors (Lipinski definition) is 2. The Labute approximate surface area is 95.8 Å². The van der Waals surface area contributed by atoms with Crippen molar-refractivity contribution in [1.29, 1.82) is 0 Å². The number of benzene rings is 1. The number of hydrogen-bond acceptors (Lipinski definition) is 1. The first-order valence-corrected chi connectivity index (χ1v) is 5.92. The van der Waals surface area contributed by atoms with E-state index in [1.165, 1.54) is 16.6 Å². The first-order chi connectivity index (χ1) is 7.64. The molecule has 0 saturated heterocycles. The van der Waals surface area contributed by atoms with Crippen molar-refractivity contribution < 1.29 is 0 Å². The molecule has 1 aromatic carbocycles. The summed E-state index contributed by atoms with van der Waals surface area (Å²) in [5.41, 5.74) is 8.76. The van der Waals surface area contributed by atoms with Gasteiger partial charge in [0.05, 0.1) is 0 Å². The molecule has 2 heteroatoms. The molecule has 2 aromatic rings. The van der Waals surface area contributed by atoms with Crippen LogP contribution in [0.3, 0.4) is 0 Å². The van der Waals surface area contributed by atoms with Gasteiger partial charge in [-0.2, -0.15) is 0 Å². The van der Waals surface area contributed by atoms with E-state index in [4.69, 9.17) is 5.73 Å². The monoisotopic (exact) mass is 214 g/mol. The van der Waals surface area contributed by atoms with Crippen molar-refractivity contribution in [3.63, 3.8) is 0 Å². The zero-order valence-corrected chi connectivity index (χ0v) is 9.83. The summed E-state index contributed by atoms with van der Waals surface area (Å²) in [6.07, 6.45) is 0. The van der Waals surface area contributed by atoms with Gasteiger partial charge in [-0.1, -0.05) is 32.0 Å². The molecule has 2 atom stereocenters. The summed E-state index contributed by atoms with van der Waals surface area (Å²) < 4.78 is 0. The minimum Gasteiger partial charge on any atom is -0.358 e. The molecule has 0 unspecified atom stereocenters. The van der Waals surface area contributed by atoms with E-state index in [0.717, 1.165) is 6.54 Å². The molecule has 1 saturated carbocycles. The zero-order valence-electron chi connectivity index (χ0n) is 9.83. The van der Waals surface area contributed by atoms with Gasteiger partial charge in [0.2, 0.25) is 0 Å². The average molecular weight is 214 g/mol. The van der Waals surface area contributed by atoms with Gasteiger partial charge in [-0.25, -0.2) is 0 Å². The second-order valence-electron chi connectivity index (χ2n) is 5.45. The molecule has 2 nitrogen and oxygen atoms in total. The molecule has 1 heterocycles. The number of para-hydroxylation sites is 1. The Hall–Kier alpha value is -1.28. The maximum Gasteiger partial charge on any atom is 0.0456 e. The quantitative estimate of drug-likeness (QED) is 0.793. The molecule has 1 aliphatic rings. The van der Waals surface area contributed by atoms with Crippen LogP contribution in [-0.4, -0.2) is 11.5 Å². The largest absolute Gasteiger partial charge is 0.358 e. The van der Waals surface area contributed by atoms with Crippen molar-refractivity contribution in [2.24, 2.45) is 17.1 Å². The van der Waals surface area contributed by atoms with Crippen LogP contribution in [-0.2, 0) is 0 Å². The van der Waals surface area contributed by atoms with Gasteiger partial charge in [-0.05, 0) is 35.4 Å². The maximum absolute atomic E-state index is 5.82. The van der Waals surface area contributed by atoms with Gasteiger partial charge in [0, 0.05) is 17.1 Å². The average Bonchev–Trinajstić information content (AvgIpc) is 2.65. The van der Waals surface area contributed by atoms with E-state index < -0.39 is 0 Å². The standard InChI is InChI=1S/C14H18N2/c1-14(2)10(8-15)13(14)12-7-9-5-3-4-6-11(9)16-12/h3-7,10,13,16H,8,15H2,1-2H3/t10-,13+/m0/s1. The minimum absolute atomic E-state index is 0.357. The van der Waals surface area contributed by atoms with Gasteiger partial charge in [0.1, 0.15) is 0 Å².